The third-order valence-corrected chi connectivity index (χ3v) is 3.24. The van der Waals surface area contributed by atoms with Gasteiger partial charge in [0.05, 0.1) is 6.10 Å². The van der Waals surface area contributed by atoms with Gasteiger partial charge in [0.15, 0.2) is 0 Å². The monoisotopic (exact) mass is 225 g/mol. The molecule has 0 aromatic carbocycles. The SMILES string of the molecule is CC(=CC(=O)O)CNC1CCOC1C1CC1. The third-order valence-electron chi connectivity index (χ3n) is 3.24. The summed E-state index contributed by atoms with van der Waals surface area (Å²) in [6.07, 6.45) is 5.23. The van der Waals surface area contributed by atoms with Crippen LogP contribution in [0.5, 0.6) is 0 Å². The molecule has 4 nitrogen and oxygen atoms in total. The summed E-state index contributed by atoms with van der Waals surface area (Å²) in [6, 6.07) is 0.407. The summed E-state index contributed by atoms with van der Waals surface area (Å²) in [7, 11) is 0. The number of ether oxygens (including phenoxy) is 1. The minimum Gasteiger partial charge on any atom is -0.478 e. The highest BCUT2D eigenvalue weighted by atomic mass is 16.5. The van der Waals surface area contributed by atoms with Crippen LogP contribution in [-0.2, 0) is 9.53 Å². The molecule has 1 aliphatic carbocycles. The van der Waals surface area contributed by atoms with Crippen molar-refractivity contribution in [3.63, 3.8) is 0 Å². The van der Waals surface area contributed by atoms with Crippen LogP contribution < -0.4 is 5.32 Å². The first kappa shape index (κ1) is 11.6. The van der Waals surface area contributed by atoms with E-state index in [9.17, 15) is 4.79 Å². The maximum atomic E-state index is 10.5. The molecule has 0 amide bonds. The highest BCUT2D eigenvalue weighted by molar-refractivity contribution is 5.80. The first-order chi connectivity index (χ1) is 7.66. The smallest absolute Gasteiger partial charge is 0.328 e. The molecule has 2 rings (SSSR count). The Morgan fingerprint density at radius 2 is 2.25 bits per heavy atom. The first-order valence-corrected chi connectivity index (χ1v) is 5.92. The van der Waals surface area contributed by atoms with Gasteiger partial charge < -0.3 is 15.2 Å². The number of aliphatic carboxylic acids is 1. The summed E-state index contributed by atoms with van der Waals surface area (Å²) in [5.41, 5.74) is 0.856. The van der Waals surface area contributed by atoms with Crippen molar-refractivity contribution < 1.29 is 14.6 Å². The molecule has 2 fully saturated rings. The van der Waals surface area contributed by atoms with Gasteiger partial charge in [-0.2, -0.15) is 0 Å². The average Bonchev–Trinajstić information content (AvgIpc) is 2.94. The topological polar surface area (TPSA) is 58.6 Å². The van der Waals surface area contributed by atoms with Gasteiger partial charge in [0.2, 0.25) is 0 Å². The molecule has 2 atom stereocenters. The molecule has 0 aromatic rings. The predicted molar refractivity (Wildman–Crippen MR) is 60.3 cm³/mol. The van der Waals surface area contributed by atoms with Crippen LogP contribution in [0.1, 0.15) is 26.2 Å². The van der Waals surface area contributed by atoms with E-state index in [1.165, 1.54) is 18.9 Å². The van der Waals surface area contributed by atoms with Gasteiger partial charge in [0, 0.05) is 25.3 Å². The van der Waals surface area contributed by atoms with Gasteiger partial charge in [0.1, 0.15) is 0 Å². The van der Waals surface area contributed by atoms with Gasteiger partial charge in [-0.15, -0.1) is 0 Å². The first-order valence-electron chi connectivity index (χ1n) is 5.92. The lowest BCUT2D eigenvalue weighted by Gasteiger charge is -2.19. The van der Waals surface area contributed by atoms with Crippen molar-refractivity contribution in [1.29, 1.82) is 0 Å². The van der Waals surface area contributed by atoms with E-state index >= 15 is 0 Å². The highest BCUT2D eigenvalue weighted by Crippen LogP contribution is 2.38. The van der Waals surface area contributed by atoms with Crippen molar-refractivity contribution in [3.8, 4) is 0 Å². The Bertz CT molecular complexity index is 297. The van der Waals surface area contributed by atoms with Crippen LogP contribution in [0.3, 0.4) is 0 Å². The van der Waals surface area contributed by atoms with E-state index in [1.807, 2.05) is 6.92 Å². The van der Waals surface area contributed by atoms with Crippen LogP contribution in [0, 0.1) is 5.92 Å². The second kappa shape index (κ2) is 4.97. The summed E-state index contributed by atoms with van der Waals surface area (Å²) in [4.78, 5) is 10.5. The Kier molecular flexibility index (Phi) is 3.61. The minimum atomic E-state index is -0.874. The van der Waals surface area contributed by atoms with Gasteiger partial charge in [-0.1, -0.05) is 5.57 Å². The molecular formula is C12H19NO3. The molecule has 0 aromatic heterocycles. The van der Waals surface area contributed by atoms with Crippen molar-refractivity contribution in [3.05, 3.63) is 11.6 Å². The maximum Gasteiger partial charge on any atom is 0.328 e. The number of hydrogen-bond acceptors (Lipinski definition) is 3. The molecule has 1 saturated heterocycles. The van der Waals surface area contributed by atoms with E-state index in [1.54, 1.807) is 0 Å². The molecule has 2 aliphatic rings. The molecular weight excluding hydrogens is 206 g/mol. The highest BCUT2D eigenvalue weighted by Gasteiger charge is 2.40. The lowest BCUT2D eigenvalue weighted by molar-refractivity contribution is -0.131. The van der Waals surface area contributed by atoms with Crippen molar-refractivity contribution in [2.45, 2.75) is 38.3 Å². The molecule has 0 bridgehead atoms. The van der Waals surface area contributed by atoms with Gasteiger partial charge in [-0.05, 0) is 32.1 Å². The second-order valence-corrected chi connectivity index (χ2v) is 4.78. The number of rotatable bonds is 5. The van der Waals surface area contributed by atoms with Gasteiger partial charge in [0.25, 0.3) is 0 Å². The summed E-state index contributed by atoms with van der Waals surface area (Å²) >= 11 is 0. The fourth-order valence-electron chi connectivity index (χ4n) is 2.27. The van der Waals surface area contributed by atoms with Crippen LogP contribution in [0.15, 0.2) is 11.6 Å². The average molecular weight is 225 g/mol. The molecule has 0 spiro atoms. The molecule has 0 radical (unpaired) electrons. The Morgan fingerprint density at radius 3 is 2.88 bits per heavy atom. The van der Waals surface area contributed by atoms with Crippen molar-refractivity contribution in [2.24, 2.45) is 5.92 Å². The van der Waals surface area contributed by atoms with Gasteiger partial charge >= 0.3 is 5.97 Å². The van der Waals surface area contributed by atoms with Crippen LogP contribution in [-0.4, -0.2) is 36.4 Å². The van der Waals surface area contributed by atoms with E-state index in [2.05, 4.69) is 5.32 Å². The lowest BCUT2D eigenvalue weighted by atomic mass is 10.1. The Hall–Kier alpha value is -0.870. The van der Waals surface area contributed by atoms with E-state index in [0.717, 1.165) is 24.5 Å². The van der Waals surface area contributed by atoms with E-state index in [4.69, 9.17) is 9.84 Å². The number of hydrogen-bond donors (Lipinski definition) is 2. The zero-order valence-corrected chi connectivity index (χ0v) is 9.61. The van der Waals surface area contributed by atoms with Crippen LogP contribution in [0.25, 0.3) is 0 Å². The lowest BCUT2D eigenvalue weighted by Crippen LogP contribution is -2.38. The fraction of sp³-hybridized carbons (Fsp3) is 0.750. The van der Waals surface area contributed by atoms with Crippen molar-refractivity contribution in [1.82, 2.24) is 5.32 Å². The van der Waals surface area contributed by atoms with E-state index < -0.39 is 5.97 Å². The molecule has 2 N–H and O–H groups in total. The zero-order chi connectivity index (χ0) is 11.5. The quantitative estimate of drug-likeness (QED) is 0.690. The Labute approximate surface area is 95.7 Å². The molecule has 1 heterocycles. The minimum absolute atomic E-state index is 0.359. The fourth-order valence-corrected chi connectivity index (χ4v) is 2.27. The summed E-state index contributed by atoms with van der Waals surface area (Å²) in [6.45, 7) is 3.31. The van der Waals surface area contributed by atoms with Crippen molar-refractivity contribution >= 4 is 5.97 Å². The predicted octanol–water partition coefficient (Wildman–Crippen LogP) is 1.17. The zero-order valence-electron chi connectivity index (χ0n) is 9.61. The number of carbonyl (C=O) groups is 1. The number of nitrogens with one attached hydrogen (secondary N) is 1. The molecule has 1 saturated carbocycles. The molecule has 16 heavy (non-hydrogen) atoms. The summed E-state index contributed by atoms with van der Waals surface area (Å²) < 4.78 is 5.70. The normalized spacial score (nSPS) is 30.7. The summed E-state index contributed by atoms with van der Waals surface area (Å²) in [5.74, 6) is -0.135. The number of carboxylic acid groups (broad SMARTS) is 1. The summed E-state index contributed by atoms with van der Waals surface area (Å²) in [5, 5.41) is 12.0. The maximum absolute atomic E-state index is 10.5. The van der Waals surface area contributed by atoms with Crippen molar-refractivity contribution in [2.75, 3.05) is 13.2 Å². The van der Waals surface area contributed by atoms with E-state index in [-0.39, 0.29) is 0 Å². The third kappa shape index (κ3) is 3.06. The van der Waals surface area contributed by atoms with Gasteiger partial charge in [-0.25, -0.2) is 4.79 Å². The van der Waals surface area contributed by atoms with Gasteiger partial charge in [-0.3, -0.25) is 0 Å². The van der Waals surface area contributed by atoms with Crippen LogP contribution in [0.2, 0.25) is 0 Å². The Morgan fingerprint density at radius 1 is 1.50 bits per heavy atom. The Balaban J connectivity index is 1.78. The molecule has 4 heteroatoms. The number of carboxylic acids is 1. The molecule has 2 unspecified atom stereocenters. The van der Waals surface area contributed by atoms with Crippen LogP contribution in [0.4, 0.5) is 0 Å². The van der Waals surface area contributed by atoms with Crippen LogP contribution >= 0.6 is 0 Å². The molecule has 1 aliphatic heterocycles. The standard InChI is InChI=1S/C12H19NO3/c1-8(6-11(14)15)7-13-10-4-5-16-12(10)9-2-3-9/h6,9-10,12-13H,2-5,7H2,1H3,(H,14,15). The van der Waals surface area contributed by atoms with E-state index in [0.29, 0.717) is 18.7 Å². The molecule has 90 valence electrons. The largest absolute Gasteiger partial charge is 0.478 e. The second-order valence-electron chi connectivity index (χ2n) is 4.78.